The predicted molar refractivity (Wildman–Crippen MR) is 68.3 cm³/mol. The van der Waals surface area contributed by atoms with E-state index in [0.29, 0.717) is 11.6 Å². The molecule has 0 saturated carbocycles. The number of ether oxygens (including phenoxy) is 1. The number of pyridine rings is 1. The summed E-state index contributed by atoms with van der Waals surface area (Å²) in [7, 11) is 0. The Morgan fingerprint density at radius 2 is 2.17 bits per heavy atom. The van der Waals surface area contributed by atoms with Crippen LogP contribution in [-0.4, -0.2) is 21.5 Å². The fourth-order valence-corrected chi connectivity index (χ4v) is 1.41. The maximum atomic E-state index is 5.50. The summed E-state index contributed by atoms with van der Waals surface area (Å²) in [5.74, 6) is 1.13. The Morgan fingerprint density at radius 3 is 2.83 bits per heavy atom. The molecular weight excluding hydrogens is 228 g/mol. The molecule has 0 aliphatic heterocycles. The molecule has 5 heteroatoms. The number of hydrogen-bond donors (Lipinski definition) is 1. The highest BCUT2D eigenvalue weighted by molar-refractivity contribution is 5.21. The van der Waals surface area contributed by atoms with Crippen LogP contribution in [0.3, 0.4) is 0 Å². The molecule has 0 radical (unpaired) electrons. The van der Waals surface area contributed by atoms with Crippen LogP contribution >= 0.6 is 0 Å². The third kappa shape index (κ3) is 3.78. The van der Waals surface area contributed by atoms with Gasteiger partial charge in [0.2, 0.25) is 5.88 Å². The highest BCUT2D eigenvalue weighted by Crippen LogP contribution is 2.16. The van der Waals surface area contributed by atoms with Crippen LogP contribution in [0.2, 0.25) is 0 Å². The number of hydrogen-bond acceptors (Lipinski definition) is 5. The third-order valence-electron chi connectivity index (χ3n) is 2.27. The van der Waals surface area contributed by atoms with Crippen molar-refractivity contribution in [3.63, 3.8) is 0 Å². The van der Waals surface area contributed by atoms with E-state index >= 15 is 0 Å². The normalized spacial score (nSPS) is 10.3. The van der Waals surface area contributed by atoms with Gasteiger partial charge in [0.1, 0.15) is 5.75 Å². The molecule has 94 valence electrons. The molecule has 0 saturated heterocycles. The smallest absolute Gasteiger partial charge is 0.237 e. The van der Waals surface area contributed by atoms with Gasteiger partial charge in [-0.1, -0.05) is 6.92 Å². The van der Waals surface area contributed by atoms with Gasteiger partial charge in [-0.25, -0.2) is 4.98 Å². The summed E-state index contributed by atoms with van der Waals surface area (Å²) in [6, 6.07) is 3.64. The van der Waals surface area contributed by atoms with Gasteiger partial charge < -0.3 is 10.1 Å². The molecule has 0 aliphatic rings. The predicted octanol–water partition coefficient (Wildman–Crippen LogP) is 2.16. The van der Waals surface area contributed by atoms with Gasteiger partial charge >= 0.3 is 0 Å². The second-order valence-corrected chi connectivity index (χ2v) is 3.81. The number of nitrogens with zero attached hydrogens (tertiary/aromatic N) is 3. The van der Waals surface area contributed by atoms with E-state index in [4.69, 9.17) is 4.74 Å². The molecular formula is C13H16N4O. The van der Waals surface area contributed by atoms with Gasteiger partial charge in [0.15, 0.2) is 0 Å². The summed E-state index contributed by atoms with van der Waals surface area (Å²) in [6.07, 6.45) is 7.78. The average molecular weight is 244 g/mol. The summed E-state index contributed by atoms with van der Waals surface area (Å²) in [5, 5.41) is 3.27. The first-order chi connectivity index (χ1) is 8.88. The van der Waals surface area contributed by atoms with E-state index in [1.807, 2.05) is 12.1 Å². The van der Waals surface area contributed by atoms with Crippen LogP contribution in [0.4, 0.5) is 0 Å². The highest BCUT2D eigenvalue weighted by atomic mass is 16.5. The van der Waals surface area contributed by atoms with Gasteiger partial charge in [-0.2, -0.15) is 0 Å². The van der Waals surface area contributed by atoms with Crippen molar-refractivity contribution < 1.29 is 4.74 Å². The van der Waals surface area contributed by atoms with Crippen LogP contribution in [-0.2, 0) is 6.54 Å². The van der Waals surface area contributed by atoms with Crippen LogP contribution < -0.4 is 10.1 Å². The summed E-state index contributed by atoms with van der Waals surface area (Å²) in [4.78, 5) is 12.4. The summed E-state index contributed by atoms with van der Waals surface area (Å²) < 4.78 is 5.50. The molecule has 0 unspecified atom stereocenters. The van der Waals surface area contributed by atoms with Crippen LogP contribution in [0.5, 0.6) is 11.6 Å². The maximum Gasteiger partial charge on any atom is 0.237 e. The van der Waals surface area contributed by atoms with E-state index in [1.54, 1.807) is 24.8 Å². The standard InChI is InChI=1S/C13H16N4O/c1-2-5-14-7-11-8-17-13(10-16-11)18-12-4-3-6-15-9-12/h3-4,6,8-10,14H,2,5,7H2,1H3. The Kier molecular flexibility index (Phi) is 4.60. The number of aromatic nitrogens is 3. The molecule has 0 spiro atoms. The van der Waals surface area contributed by atoms with Crippen LogP contribution in [0, 0.1) is 0 Å². The van der Waals surface area contributed by atoms with Crippen molar-refractivity contribution >= 4 is 0 Å². The lowest BCUT2D eigenvalue weighted by atomic mass is 10.4. The van der Waals surface area contributed by atoms with Crippen molar-refractivity contribution in [2.75, 3.05) is 6.54 Å². The molecule has 0 fully saturated rings. The molecule has 0 atom stereocenters. The van der Waals surface area contributed by atoms with Gasteiger partial charge in [-0.15, -0.1) is 0 Å². The van der Waals surface area contributed by atoms with E-state index in [0.717, 1.165) is 25.2 Å². The molecule has 1 N–H and O–H groups in total. The average Bonchev–Trinajstić information content (AvgIpc) is 2.42. The molecule has 5 nitrogen and oxygen atoms in total. The first-order valence-electron chi connectivity index (χ1n) is 5.98. The van der Waals surface area contributed by atoms with Crippen LogP contribution in [0.15, 0.2) is 36.9 Å². The van der Waals surface area contributed by atoms with Gasteiger partial charge in [-0.05, 0) is 25.1 Å². The topological polar surface area (TPSA) is 59.9 Å². The lowest BCUT2D eigenvalue weighted by Gasteiger charge is -2.05. The molecule has 2 heterocycles. The van der Waals surface area contributed by atoms with E-state index in [9.17, 15) is 0 Å². The molecule has 18 heavy (non-hydrogen) atoms. The monoisotopic (exact) mass is 244 g/mol. The van der Waals surface area contributed by atoms with Gasteiger partial charge in [-0.3, -0.25) is 9.97 Å². The van der Waals surface area contributed by atoms with Crippen molar-refractivity contribution in [3.05, 3.63) is 42.6 Å². The van der Waals surface area contributed by atoms with E-state index in [2.05, 4.69) is 27.2 Å². The van der Waals surface area contributed by atoms with Crippen molar-refractivity contribution in [1.82, 2.24) is 20.3 Å². The number of rotatable bonds is 6. The Bertz CT molecular complexity index is 458. The van der Waals surface area contributed by atoms with Gasteiger partial charge in [0.25, 0.3) is 0 Å². The summed E-state index contributed by atoms with van der Waals surface area (Å²) in [6.45, 7) is 3.84. The molecule has 2 aromatic heterocycles. The minimum Gasteiger partial charge on any atom is -0.436 e. The lowest BCUT2D eigenvalue weighted by molar-refractivity contribution is 0.456. The first kappa shape index (κ1) is 12.4. The highest BCUT2D eigenvalue weighted by Gasteiger charge is 2.00. The third-order valence-corrected chi connectivity index (χ3v) is 2.27. The minimum atomic E-state index is 0.474. The van der Waals surface area contributed by atoms with Crippen molar-refractivity contribution in [2.24, 2.45) is 0 Å². The van der Waals surface area contributed by atoms with E-state index in [-0.39, 0.29) is 0 Å². The van der Waals surface area contributed by atoms with Gasteiger partial charge in [0, 0.05) is 12.7 Å². The Balaban J connectivity index is 1.91. The van der Waals surface area contributed by atoms with Crippen molar-refractivity contribution in [1.29, 1.82) is 0 Å². The Hall–Kier alpha value is -2.01. The van der Waals surface area contributed by atoms with Crippen LogP contribution in [0.25, 0.3) is 0 Å². The lowest BCUT2D eigenvalue weighted by Crippen LogP contribution is -2.14. The zero-order chi connectivity index (χ0) is 12.6. The number of nitrogens with one attached hydrogen (secondary N) is 1. The van der Waals surface area contributed by atoms with Crippen molar-refractivity contribution in [2.45, 2.75) is 19.9 Å². The molecule has 0 bridgehead atoms. The Morgan fingerprint density at radius 1 is 1.22 bits per heavy atom. The molecule has 2 aromatic rings. The van der Waals surface area contributed by atoms with E-state index in [1.165, 1.54) is 0 Å². The van der Waals surface area contributed by atoms with Crippen molar-refractivity contribution in [3.8, 4) is 11.6 Å². The molecule has 0 aliphatic carbocycles. The SMILES string of the molecule is CCCNCc1cnc(Oc2cccnc2)cn1. The van der Waals surface area contributed by atoms with E-state index < -0.39 is 0 Å². The quantitative estimate of drug-likeness (QED) is 0.789. The first-order valence-corrected chi connectivity index (χ1v) is 5.98. The molecule has 0 aromatic carbocycles. The second kappa shape index (κ2) is 6.66. The Labute approximate surface area is 106 Å². The fourth-order valence-electron chi connectivity index (χ4n) is 1.41. The fraction of sp³-hybridized carbons (Fsp3) is 0.308. The zero-order valence-electron chi connectivity index (χ0n) is 10.3. The van der Waals surface area contributed by atoms with Crippen LogP contribution in [0.1, 0.15) is 19.0 Å². The summed E-state index contributed by atoms with van der Waals surface area (Å²) in [5.41, 5.74) is 0.905. The maximum absolute atomic E-state index is 5.50. The largest absolute Gasteiger partial charge is 0.436 e. The summed E-state index contributed by atoms with van der Waals surface area (Å²) >= 11 is 0. The molecule has 2 rings (SSSR count). The zero-order valence-corrected chi connectivity index (χ0v) is 10.3. The van der Waals surface area contributed by atoms with Gasteiger partial charge in [0.05, 0.1) is 24.3 Å². The molecule has 0 amide bonds. The second-order valence-electron chi connectivity index (χ2n) is 3.81. The minimum absolute atomic E-state index is 0.474.